The Hall–Kier alpha value is -0.510. The van der Waals surface area contributed by atoms with Crippen molar-refractivity contribution in [1.29, 1.82) is 0 Å². The molecule has 0 spiro atoms. The molecule has 0 saturated heterocycles. The van der Waals surface area contributed by atoms with Crippen molar-refractivity contribution >= 4 is 11.8 Å². The summed E-state index contributed by atoms with van der Waals surface area (Å²) in [7, 11) is 0. The Bertz CT molecular complexity index is 296. The van der Waals surface area contributed by atoms with Crippen LogP contribution in [-0.2, 0) is 5.75 Å². The van der Waals surface area contributed by atoms with E-state index in [4.69, 9.17) is 0 Å². The van der Waals surface area contributed by atoms with Gasteiger partial charge in [0.15, 0.2) is 0 Å². The highest BCUT2D eigenvalue weighted by atomic mass is 32.2. The molecule has 17 heavy (non-hydrogen) atoms. The van der Waals surface area contributed by atoms with Crippen molar-refractivity contribution in [2.45, 2.75) is 25.5 Å². The maximum Gasteiger partial charge on any atom is 0.0517 e. The molecule has 0 fully saturated rings. The van der Waals surface area contributed by atoms with Crippen LogP contribution in [0.15, 0.2) is 30.3 Å². The first-order valence-corrected chi connectivity index (χ1v) is 7.25. The van der Waals surface area contributed by atoms with Gasteiger partial charge in [-0.25, -0.2) is 0 Å². The van der Waals surface area contributed by atoms with Crippen molar-refractivity contribution in [3.05, 3.63) is 35.9 Å². The molecule has 0 saturated carbocycles. The van der Waals surface area contributed by atoms with E-state index in [9.17, 15) is 10.2 Å². The molecule has 0 bridgehead atoms. The van der Waals surface area contributed by atoms with E-state index < -0.39 is 0 Å². The molecule has 0 unspecified atom stereocenters. The van der Waals surface area contributed by atoms with Crippen LogP contribution in [0.1, 0.15) is 25.3 Å². The monoisotopic (exact) mass is 254 g/mol. The van der Waals surface area contributed by atoms with Crippen LogP contribution in [0.3, 0.4) is 0 Å². The second-order valence-electron chi connectivity index (χ2n) is 4.54. The molecule has 0 heterocycles. The highest BCUT2D eigenvalue weighted by Gasteiger charge is 2.27. The molecule has 3 heteroatoms. The molecule has 1 aromatic carbocycles. The van der Waals surface area contributed by atoms with Gasteiger partial charge in [-0.05, 0) is 12.0 Å². The third-order valence-corrected chi connectivity index (χ3v) is 4.32. The Morgan fingerprint density at radius 1 is 1.12 bits per heavy atom. The first-order valence-electron chi connectivity index (χ1n) is 6.10. The van der Waals surface area contributed by atoms with Gasteiger partial charge in [-0.15, -0.1) is 0 Å². The molecule has 0 atom stereocenters. The fraction of sp³-hybridized carbons (Fsp3) is 0.571. The molecular weight excluding hydrogens is 232 g/mol. The molecule has 2 N–H and O–H groups in total. The molecule has 1 aromatic rings. The highest BCUT2D eigenvalue weighted by Crippen LogP contribution is 2.29. The predicted octanol–water partition coefficient (Wildman–Crippen LogP) is 2.69. The van der Waals surface area contributed by atoms with Crippen molar-refractivity contribution in [3.63, 3.8) is 0 Å². The van der Waals surface area contributed by atoms with Gasteiger partial charge in [0.05, 0.1) is 13.2 Å². The van der Waals surface area contributed by atoms with E-state index >= 15 is 0 Å². The summed E-state index contributed by atoms with van der Waals surface area (Å²) < 4.78 is 0. The minimum absolute atomic E-state index is 0.0686. The molecule has 2 nitrogen and oxygen atoms in total. The second-order valence-corrected chi connectivity index (χ2v) is 5.53. The number of hydrogen-bond donors (Lipinski definition) is 2. The smallest absolute Gasteiger partial charge is 0.0517 e. The van der Waals surface area contributed by atoms with Gasteiger partial charge < -0.3 is 10.2 Å². The first-order chi connectivity index (χ1) is 8.26. The lowest BCUT2D eigenvalue weighted by molar-refractivity contribution is 0.0662. The third-order valence-electron chi connectivity index (χ3n) is 2.97. The van der Waals surface area contributed by atoms with E-state index in [-0.39, 0.29) is 18.6 Å². The summed E-state index contributed by atoms with van der Waals surface area (Å²) in [6, 6.07) is 10.3. The molecule has 0 amide bonds. The lowest BCUT2D eigenvalue weighted by atomic mass is 9.87. The van der Waals surface area contributed by atoms with Crippen LogP contribution >= 0.6 is 11.8 Å². The summed E-state index contributed by atoms with van der Waals surface area (Å²) in [4.78, 5) is 0. The van der Waals surface area contributed by atoms with Crippen LogP contribution in [0.5, 0.6) is 0 Å². The lowest BCUT2D eigenvalue weighted by Gasteiger charge is -2.29. The largest absolute Gasteiger partial charge is 0.396 e. The number of rotatable bonds is 8. The van der Waals surface area contributed by atoms with Crippen molar-refractivity contribution in [1.82, 2.24) is 0 Å². The van der Waals surface area contributed by atoms with E-state index in [0.29, 0.717) is 0 Å². The zero-order valence-corrected chi connectivity index (χ0v) is 11.2. The number of thioether (sulfide) groups is 1. The average Bonchev–Trinajstić information content (AvgIpc) is 2.39. The standard InChI is InChI=1S/C14H22O2S/c1-2-8-14(10-15,11-16)12-17-9-13-6-4-3-5-7-13/h3-7,15-16H,2,8-12H2,1H3. The second kappa shape index (κ2) is 7.75. The Morgan fingerprint density at radius 2 is 1.76 bits per heavy atom. The predicted molar refractivity (Wildman–Crippen MR) is 74.1 cm³/mol. The van der Waals surface area contributed by atoms with Crippen LogP contribution in [0.2, 0.25) is 0 Å². The van der Waals surface area contributed by atoms with Crippen LogP contribution in [-0.4, -0.2) is 29.2 Å². The van der Waals surface area contributed by atoms with Gasteiger partial charge in [0.1, 0.15) is 0 Å². The fourth-order valence-electron chi connectivity index (χ4n) is 1.86. The van der Waals surface area contributed by atoms with Gasteiger partial charge in [-0.1, -0.05) is 43.7 Å². The zero-order valence-electron chi connectivity index (χ0n) is 10.4. The number of aliphatic hydroxyl groups is 2. The summed E-state index contributed by atoms with van der Waals surface area (Å²) in [5.41, 5.74) is 0.979. The zero-order chi connectivity index (χ0) is 12.6. The highest BCUT2D eigenvalue weighted by molar-refractivity contribution is 7.98. The summed E-state index contributed by atoms with van der Waals surface area (Å²) in [6.45, 7) is 2.22. The summed E-state index contributed by atoms with van der Waals surface area (Å²) >= 11 is 1.78. The van der Waals surface area contributed by atoms with Gasteiger partial charge in [0.25, 0.3) is 0 Å². The molecular formula is C14H22O2S. The maximum absolute atomic E-state index is 9.43. The Balaban J connectivity index is 2.42. The quantitative estimate of drug-likeness (QED) is 0.749. The van der Waals surface area contributed by atoms with E-state index in [2.05, 4.69) is 19.1 Å². The third kappa shape index (κ3) is 4.70. The van der Waals surface area contributed by atoms with Gasteiger partial charge in [0, 0.05) is 16.9 Å². The minimum atomic E-state index is -0.311. The Kier molecular flexibility index (Phi) is 6.63. The van der Waals surface area contributed by atoms with E-state index in [1.165, 1.54) is 5.56 Å². The van der Waals surface area contributed by atoms with Crippen molar-refractivity contribution in [2.75, 3.05) is 19.0 Å². The average molecular weight is 254 g/mol. The van der Waals surface area contributed by atoms with Gasteiger partial charge in [-0.3, -0.25) is 0 Å². The molecule has 0 aliphatic carbocycles. The Morgan fingerprint density at radius 3 is 2.29 bits per heavy atom. The van der Waals surface area contributed by atoms with Crippen LogP contribution < -0.4 is 0 Å². The topological polar surface area (TPSA) is 40.5 Å². The van der Waals surface area contributed by atoms with E-state index in [1.54, 1.807) is 11.8 Å². The SMILES string of the molecule is CCCC(CO)(CO)CSCc1ccccc1. The molecule has 0 radical (unpaired) electrons. The van der Waals surface area contributed by atoms with Gasteiger partial charge in [-0.2, -0.15) is 11.8 Å². The molecule has 0 aliphatic rings. The summed E-state index contributed by atoms with van der Waals surface area (Å²) in [5, 5.41) is 18.9. The summed E-state index contributed by atoms with van der Waals surface area (Å²) in [6.07, 6.45) is 1.87. The van der Waals surface area contributed by atoms with E-state index in [1.807, 2.05) is 18.2 Å². The number of aliphatic hydroxyl groups excluding tert-OH is 2. The van der Waals surface area contributed by atoms with Crippen molar-refractivity contribution < 1.29 is 10.2 Å². The molecule has 96 valence electrons. The summed E-state index contributed by atoms with van der Waals surface area (Å²) in [5.74, 6) is 1.75. The van der Waals surface area contributed by atoms with E-state index in [0.717, 1.165) is 24.3 Å². The van der Waals surface area contributed by atoms with Gasteiger partial charge in [0.2, 0.25) is 0 Å². The van der Waals surface area contributed by atoms with Gasteiger partial charge >= 0.3 is 0 Å². The number of hydrogen-bond acceptors (Lipinski definition) is 3. The van der Waals surface area contributed by atoms with Crippen molar-refractivity contribution in [2.24, 2.45) is 5.41 Å². The normalized spacial score (nSPS) is 11.7. The maximum atomic E-state index is 9.43. The van der Waals surface area contributed by atoms with Crippen LogP contribution in [0.25, 0.3) is 0 Å². The van der Waals surface area contributed by atoms with Crippen LogP contribution in [0.4, 0.5) is 0 Å². The first kappa shape index (κ1) is 14.6. The molecule has 0 aromatic heterocycles. The van der Waals surface area contributed by atoms with Crippen molar-refractivity contribution in [3.8, 4) is 0 Å². The minimum Gasteiger partial charge on any atom is -0.396 e. The Labute approximate surface area is 108 Å². The van der Waals surface area contributed by atoms with Crippen LogP contribution in [0, 0.1) is 5.41 Å². The number of benzene rings is 1. The fourth-order valence-corrected chi connectivity index (χ4v) is 3.15. The molecule has 0 aliphatic heterocycles. The lowest BCUT2D eigenvalue weighted by Crippen LogP contribution is -2.32. The molecule has 1 rings (SSSR count).